The molecule has 3 heteroatoms. The number of hydrogen-bond acceptors (Lipinski definition) is 2. The van der Waals surface area contributed by atoms with Crippen LogP contribution in [-0.2, 0) is 21.0 Å². The van der Waals surface area contributed by atoms with E-state index in [4.69, 9.17) is 8.78 Å². The molecule has 0 atom stereocenters. The van der Waals surface area contributed by atoms with E-state index < -0.39 is 0 Å². The van der Waals surface area contributed by atoms with Crippen LogP contribution in [0.15, 0.2) is 0 Å². The van der Waals surface area contributed by atoms with E-state index in [1.54, 1.807) is 6.92 Å². The third-order valence-electron chi connectivity index (χ3n) is 0. The molecule has 0 heterocycles. The van der Waals surface area contributed by atoms with Gasteiger partial charge in [-0.15, -0.1) is 0 Å². The van der Waals surface area contributed by atoms with Gasteiger partial charge in [-0.25, -0.2) is 0 Å². The van der Waals surface area contributed by atoms with Gasteiger partial charge < -0.3 is 5.11 Å². The van der Waals surface area contributed by atoms with Gasteiger partial charge in [0.15, 0.2) is 0 Å². The molecule has 2 nitrogen and oxygen atoms in total. The van der Waals surface area contributed by atoms with Gasteiger partial charge >= 0.3 is 21.0 Å². The summed E-state index contributed by atoms with van der Waals surface area (Å²) in [6, 6.07) is 0. The van der Waals surface area contributed by atoms with Gasteiger partial charge in [-0.2, -0.15) is 0 Å². The molecule has 0 rings (SSSR count). The molecule has 0 saturated carbocycles. The number of rotatable bonds is 0. The number of aliphatic hydroxyl groups is 1. The monoisotopic (exact) mass is 113 g/mol. The van der Waals surface area contributed by atoms with E-state index in [0.29, 0.717) is 0 Å². The van der Waals surface area contributed by atoms with Crippen LogP contribution in [-0.4, -0.2) is 11.7 Å². The van der Waals surface area contributed by atoms with Gasteiger partial charge in [0.1, 0.15) is 0 Å². The van der Waals surface area contributed by atoms with Crippen molar-refractivity contribution < 1.29 is 26.1 Å². The van der Waals surface area contributed by atoms with Crippen LogP contribution in [0.2, 0.25) is 0 Å². The van der Waals surface area contributed by atoms with Gasteiger partial charge in [0, 0.05) is 6.61 Å². The van der Waals surface area contributed by atoms with E-state index in [1.165, 1.54) is 0 Å². The SMILES string of the molecule is CCO.[O]=[V]. The van der Waals surface area contributed by atoms with E-state index in [2.05, 4.69) is 0 Å². The molecule has 1 N–H and O–H groups in total. The molecule has 5 heavy (non-hydrogen) atoms. The van der Waals surface area contributed by atoms with Crippen LogP contribution in [0.3, 0.4) is 0 Å². The van der Waals surface area contributed by atoms with Crippen LogP contribution >= 0.6 is 0 Å². The molecule has 0 aromatic rings. The third kappa shape index (κ3) is 201. The van der Waals surface area contributed by atoms with Crippen molar-refractivity contribution in [1.82, 2.24) is 0 Å². The van der Waals surface area contributed by atoms with Crippen molar-refractivity contribution in [2.45, 2.75) is 6.92 Å². The Bertz CT molecular complexity index is 11.6. The van der Waals surface area contributed by atoms with Crippen LogP contribution in [0.1, 0.15) is 6.92 Å². The summed E-state index contributed by atoms with van der Waals surface area (Å²) in [5, 5.41) is 7.57. The molecule has 0 radical (unpaired) electrons. The number of aliphatic hydroxyl groups excluding tert-OH is 1. The summed E-state index contributed by atoms with van der Waals surface area (Å²) in [7, 11) is 0. The van der Waals surface area contributed by atoms with Gasteiger partial charge in [0.05, 0.1) is 0 Å². The summed E-state index contributed by atoms with van der Waals surface area (Å²) in [6.45, 7) is 1.93. The fourth-order valence-corrected chi connectivity index (χ4v) is 0. The van der Waals surface area contributed by atoms with Crippen LogP contribution in [0, 0.1) is 0 Å². The van der Waals surface area contributed by atoms with Gasteiger partial charge in [-0.05, 0) is 6.92 Å². The zero-order valence-corrected chi connectivity index (χ0v) is 4.41. The molecule has 0 amide bonds. The number of hydrogen-bond donors (Lipinski definition) is 1. The first-order chi connectivity index (χ1) is 2.41. The summed E-state index contributed by atoms with van der Waals surface area (Å²) in [5.41, 5.74) is 0. The molecular formula is C2H6O2V. The zero-order valence-electron chi connectivity index (χ0n) is 3.01. The summed E-state index contributed by atoms with van der Waals surface area (Å²) < 4.78 is 8.19. The molecule has 0 aromatic heterocycles. The Labute approximate surface area is 40.4 Å². The second-order valence-electron chi connectivity index (χ2n) is 0.316. The molecule has 0 aliphatic carbocycles. The van der Waals surface area contributed by atoms with Crippen molar-refractivity contribution in [3.05, 3.63) is 0 Å². The van der Waals surface area contributed by atoms with Gasteiger partial charge in [0.25, 0.3) is 0 Å². The van der Waals surface area contributed by atoms with E-state index >= 15 is 0 Å². The third-order valence-corrected chi connectivity index (χ3v) is 0. The van der Waals surface area contributed by atoms with E-state index in [0.717, 1.165) is 17.4 Å². The Balaban J connectivity index is 0. The van der Waals surface area contributed by atoms with Crippen molar-refractivity contribution in [2.24, 2.45) is 0 Å². The average Bonchev–Trinajstić information content (AvgIpc) is 1.46. The Kier molecular flexibility index (Phi) is 48.5. The van der Waals surface area contributed by atoms with Crippen LogP contribution < -0.4 is 0 Å². The van der Waals surface area contributed by atoms with Crippen molar-refractivity contribution in [3.8, 4) is 0 Å². The van der Waals surface area contributed by atoms with Gasteiger partial charge in [0.2, 0.25) is 0 Å². The first-order valence-electron chi connectivity index (χ1n) is 1.21. The molecule has 0 bridgehead atoms. The Morgan fingerprint density at radius 3 is 1.80 bits per heavy atom. The Morgan fingerprint density at radius 2 is 1.80 bits per heavy atom. The summed E-state index contributed by atoms with van der Waals surface area (Å²) in [5.74, 6) is 0. The second-order valence-corrected chi connectivity index (χ2v) is 0.316. The zero-order chi connectivity index (χ0) is 4.71. The maximum atomic E-state index is 8.19. The maximum absolute atomic E-state index is 8.19. The van der Waals surface area contributed by atoms with E-state index in [9.17, 15) is 0 Å². The molecular weight excluding hydrogens is 107 g/mol. The summed E-state index contributed by atoms with van der Waals surface area (Å²) in [6.07, 6.45) is 0. The van der Waals surface area contributed by atoms with Gasteiger partial charge in [-0.1, -0.05) is 0 Å². The average molecular weight is 113 g/mol. The molecule has 0 aliphatic heterocycles. The van der Waals surface area contributed by atoms with Crippen molar-refractivity contribution in [3.63, 3.8) is 0 Å². The van der Waals surface area contributed by atoms with Crippen molar-refractivity contribution in [2.75, 3.05) is 6.61 Å². The second kappa shape index (κ2) is 26.9. The van der Waals surface area contributed by atoms with E-state index in [1.807, 2.05) is 0 Å². The summed E-state index contributed by atoms with van der Waals surface area (Å²) in [4.78, 5) is 0. The molecule has 0 spiro atoms. The van der Waals surface area contributed by atoms with Crippen LogP contribution in [0.5, 0.6) is 0 Å². The fraction of sp³-hybridized carbons (Fsp3) is 1.00. The topological polar surface area (TPSA) is 37.3 Å². The van der Waals surface area contributed by atoms with Crippen LogP contribution in [0.4, 0.5) is 0 Å². The normalized spacial score (nSPS) is 4.20. The summed E-state index contributed by atoms with van der Waals surface area (Å²) >= 11 is 1.06. The molecule has 0 aliphatic rings. The first-order valence-corrected chi connectivity index (χ1v) is 1.78. The molecule has 0 aromatic carbocycles. The standard InChI is InChI=1S/C2H6O.O.V/c1-2-3;;/h3H,2H2,1H3;;. The van der Waals surface area contributed by atoms with Crippen molar-refractivity contribution >= 4 is 0 Å². The fourth-order valence-electron chi connectivity index (χ4n) is 0. The minimum absolute atomic E-state index is 0.250. The predicted molar refractivity (Wildman–Crippen MR) is 13.4 cm³/mol. The Morgan fingerprint density at radius 1 is 1.80 bits per heavy atom. The minimum atomic E-state index is 0.250. The first kappa shape index (κ1) is 9.02. The van der Waals surface area contributed by atoms with Crippen LogP contribution in [0.25, 0.3) is 0 Å². The Hall–Kier alpha value is 0.344. The molecule has 0 unspecified atom stereocenters. The molecule has 31 valence electrons. The predicted octanol–water partition coefficient (Wildman–Crippen LogP) is -0.123. The quantitative estimate of drug-likeness (QED) is 0.475. The van der Waals surface area contributed by atoms with E-state index in [-0.39, 0.29) is 6.61 Å². The van der Waals surface area contributed by atoms with Gasteiger partial charge in [-0.3, -0.25) is 0 Å². The van der Waals surface area contributed by atoms with Crippen molar-refractivity contribution in [1.29, 1.82) is 0 Å². The molecule has 0 saturated heterocycles. The molecule has 0 fully saturated rings.